The molecule has 0 saturated heterocycles. The summed E-state index contributed by atoms with van der Waals surface area (Å²) in [4.78, 5) is 27.1. The van der Waals surface area contributed by atoms with Gasteiger partial charge >= 0.3 is 0 Å². The van der Waals surface area contributed by atoms with E-state index < -0.39 is 0 Å². The summed E-state index contributed by atoms with van der Waals surface area (Å²) >= 11 is 0. The summed E-state index contributed by atoms with van der Waals surface area (Å²) in [5.74, 6) is -0.0333. The molecule has 0 saturated carbocycles. The molecule has 22 heavy (non-hydrogen) atoms. The van der Waals surface area contributed by atoms with Gasteiger partial charge in [-0.15, -0.1) is 0 Å². The highest BCUT2D eigenvalue weighted by Crippen LogP contribution is 2.29. The lowest BCUT2D eigenvalue weighted by atomic mass is 9.88. The van der Waals surface area contributed by atoms with Crippen LogP contribution in [0.25, 0.3) is 0 Å². The average Bonchev–Trinajstić information content (AvgIpc) is 2.47. The quantitative estimate of drug-likeness (QED) is 0.889. The lowest BCUT2D eigenvalue weighted by Crippen LogP contribution is -2.42. The number of carbonyl (C=O) groups excluding carboxylic acids is 2. The number of nitrogens with zero attached hydrogens (tertiary/aromatic N) is 2. The van der Waals surface area contributed by atoms with Crippen molar-refractivity contribution in [3.05, 3.63) is 35.4 Å². The van der Waals surface area contributed by atoms with Gasteiger partial charge in [-0.05, 0) is 37.4 Å². The number of hydrogen-bond acceptors (Lipinski definition) is 3. The molecule has 0 bridgehead atoms. The number of fused-ring (bicyclic) bond motifs is 1. The van der Waals surface area contributed by atoms with Gasteiger partial charge < -0.3 is 10.2 Å². The number of hydrogen-bond donors (Lipinski definition) is 1. The van der Waals surface area contributed by atoms with Gasteiger partial charge in [-0.1, -0.05) is 24.3 Å². The van der Waals surface area contributed by atoms with Crippen LogP contribution in [0.3, 0.4) is 0 Å². The van der Waals surface area contributed by atoms with E-state index in [1.54, 1.807) is 26.0 Å². The molecule has 2 rings (SSSR count). The summed E-state index contributed by atoms with van der Waals surface area (Å²) in [6, 6.07) is 8.39. The van der Waals surface area contributed by atoms with Crippen molar-refractivity contribution in [2.75, 3.05) is 34.2 Å². The van der Waals surface area contributed by atoms with E-state index in [-0.39, 0.29) is 30.9 Å². The molecule has 1 aromatic rings. The number of amides is 2. The van der Waals surface area contributed by atoms with Gasteiger partial charge in [0.25, 0.3) is 0 Å². The van der Waals surface area contributed by atoms with Crippen LogP contribution in [-0.2, 0) is 16.0 Å². The maximum Gasteiger partial charge on any atom is 0.236 e. The molecule has 0 unspecified atom stereocenters. The van der Waals surface area contributed by atoms with Crippen molar-refractivity contribution in [3.8, 4) is 0 Å². The molecule has 5 heteroatoms. The third-order valence-corrected chi connectivity index (χ3v) is 4.02. The van der Waals surface area contributed by atoms with Crippen LogP contribution < -0.4 is 5.32 Å². The van der Waals surface area contributed by atoms with Crippen LogP contribution in [0.2, 0.25) is 0 Å². The molecule has 1 aliphatic rings. The van der Waals surface area contributed by atoms with Crippen LogP contribution in [0.1, 0.15) is 30.0 Å². The summed E-state index contributed by atoms with van der Waals surface area (Å²) in [6.07, 6.45) is 3.15. The standard InChI is InChI=1S/C17H25N3O2/c1-19(2)17(22)12-20(3)11-16(21)18-15-10-6-8-13-7-4-5-9-14(13)15/h4-5,7,9,15H,6,8,10-12H2,1-3H3,(H,18,21)/t15-/m1/s1. The first-order valence-electron chi connectivity index (χ1n) is 7.73. The average molecular weight is 303 g/mol. The Kier molecular flexibility index (Phi) is 5.55. The van der Waals surface area contributed by atoms with Gasteiger partial charge in [0.15, 0.2) is 0 Å². The monoisotopic (exact) mass is 303 g/mol. The normalized spacial score (nSPS) is 17.0. The van der Waals surface area contributed by atoms with E-state index in [1.165, 1.54) is 16.0 Å². The topological polar surface area (TPSA) is 52.7 Å². The third kappa shape index (κ3) is 4.31. The summed E-state index contributed by atoms with van der Waals surface area (Å²) in [5, 5.41) is 3.10. The first kappa shape index (κ1) is 16.5. The highest BCUT2D eigenvalue weighted by Gasteiger charge is 2.22. The van der Waals surface area contributed by atoms with E-state index in [2.05, 4.69) is 17.4 Å². The predicted molar refractivity (Wildman–Crippen MR) is 86.5 cm³/mol. The minimum atomic E-state index is -0.0317. The number of aryl methyl sites for hydroxylation is 1. The van der Waals surface area contributed by atoms with Crippen molar-refractivity contribution >= 4 is 11.8 Å². The van der Waals surface area contributed by atoms with Crippen LogP contribution in [0.5, 0.6) is 0 Å². The van der Waals surface area contributed by atoms with Crippen molar-refractivity contribution in [1.82, 2.24) is 15.1 Å². The van der Waals surface area contributed by atoms with Crippen LogP contribution in [0.15, 0.2) is 24.3 Å². The second-order valence-corrected chi connectivity index (χ2v) is 6.17. The highest BCUT2D eigenvalue weighted by atomic mass is 16.2. The van der Waals surface area contributed by atoms with E-state index in [9.17, 15) is 9.59 Å². The van der Waals surface area contributed by atoms with Crippen molar-refractivity contribution in [1.29, 1.82) is 0 Å². The summed E-state index contributed by atoms with van der Waals surface area (Å²) in [6.45, 7) is 0.486. The molecule has 1 atom stereocenters. The molecular formula is C17H25N3O2. The largest absolute Gasteiger partial charge is 0.348 e. The van der Waals surface area contributed by atoms with Gasteiger partial charge in [-0.25, -0.2) is 0 Å². The Morgan fingerprint density at radius 3 is 2.64 bits per heavy atom. The smallest absolute Gasteiger partial charge is 0.236 e. The number of carbonyl (C=O) groups is 2. The van der Waals surface area contributed by atoms with Crippen LogP contribution in [0.4, 0.5) is 0 Å². The van der Waals surface area contributed by atoms with E-state index >= 15 is 0 Å². The van der Waals surface area contributed by atoms with Crippen LogP contribution >= 0.6 is 0 Å². The Morgan fingerprint density at radius 2 is 1.91 bits per heavy atom. The first-order chi connectivity index (χ1) is 10.5. The molecule has 120 valence electrons. The maximum absolute atomic E-state index is 12.2. The zero-order valence-corrected chi connectivity index (χ0v) is 13.6. The van der Waals surface area contributed by atoms with E-state index in [4.69, 9.17) is 0 Å². The molecular weight excluding hydrogens is 278 g/mol. The second-order valence-electron chi connectivity index (χ2n) is 6.17. The fraction of sp³-hybridized carbons (Fsp3) is 0.529. The molecule has 0 aliphatic heterocycles. The molecule has 0 heterocycles. The summed E-state index contributed by atoms with van der Waals surface area (Å²) in [5.41, 5.74) is 2.56. The Bertz CT molecular complexity index is 542. The zero-order valence-electron chi connectivity index (χ0n) is 13.6. The van der Waals surface area contributed by atoms with Crippen LogP contribution in [-0.4, -0.2) is 55.8 Å². The van der Waals surface area contributed by atoms with Crippen molar-refractivity contribution in [2.24, 2.45) is 0 Å². The van der Waals surface area contributed by atoms with Crippen molar-refractivity contribution < 1.29 is 9.59 Å². The highest BCUT2D eigenvalue weighted by molar-refractivity contribution is 5.81. The number of nitrogens with one attached hydrogen (secondary N) is 1. The molecule has 0 radical (unpaired) electrons. The second kappa shape index (κ2) is 7.40. The van der Waals surface area contributed by atoms with E-state index in [0.29, 0.717) is 0 Å². The predicted octanol–water partition coefficient (Wildman–Crippen LogP) is 1.20. The Morgan fingerprint density at radius 1 is 1.18 bits per heavy atom. The molecule has 1 N–H and O–H groups in total. The lowest BCUT2D eigenvalue weighted by Gasteiger charge is -2.27. The van der Waals surface area contributed by atoms with Gasteiger partial charge in [0.1, 0.15) is 0 Å². The molecule has 1 aliphatic carbocycles. The SMILES string of the molecule is CN(CC(=O)N[C@@H]1CCCc2ccccc21)CC(=O)N(C)C. The fourth-order valence-electron chi connectivity index (χ4n) is 2.82. The van der Waals surface area contributed by atoms with Crippen molar-refractivity contribution in [2.45, 2.75) is 25.3 Å². The molecule has 0 fully saturated rings. The number of benzene rings is 1. The fourth-order valence-corrected chi connectivity index (χ4v) is 2.82. The zero-order chi connectivity index (χ0) is 16.1. The summed E-state index contributed by atoms with van der Waals surface area (Å²) < 4.78 is 0. The van der Waals surface area contributed by atoms with Gasteiger partial charge in [0.05, 0.1) is 19.1 Å². The Balaban J connectivity index is 1.89. The van der Waals surface area contributed by atoms with E-state index in [0.717, 1.165) is 19.3 Å². The summed E-state index contributed by atoms with van der Waals surface area (Å²) in [7, 11) is 5.22. The molecule has 2 amide bonds. The molecule has 5 nitrogen and oxygen atoms in total. The Labute approximate surface area is 132 Å². The van der Waals surface area contributed by atoms with Gasteiger partial charge in [-0.3, -0.25) is 14.5 Å². The third-order valence-electron chi connectivity index (χ3n) is 4.02. The van der Waals surface area contributed by atoms with Gasteiger partial charge in [-0.2, -0.15) is 0 Å². The van der Waals surface area contributed by atoms with Gasteiger partial charge in [0, 0.05) is 14.1 Å². The lowest BCUT2D eigenvalue weighted by molar-refractivity contribution is -0.130. The van der Waals surface area contributed by atoms with Crippen molar-refractivity contribution in [3.63, 3.8) is 0 Å². The minimum absolute atomic E-state index is 0.00156. The number of rotatable bonds is 5. The minimum Gasteiger partial charge on any atom is -0.348 e. The maximum atomic E-state index is 12.2. The Hall–Kier alpha value is -1.88. The van der Waals surface area contributed by atoms with Crippen LogP contribution in [0, 0.1) is 0 Å². The molecule has 1 aromatic carbocycles. The molecule has 0 spiro atoms. The molecule has 0 aromatic heterocycles. The first-order valence-corrected chi connectivity index (χ1v) is 7.73. The number of likely N-dealkylation sites (N-methyl/N-ethyl adjacent to an activating group) is 2. The van der Waals surface area contributed by atoms with E-state index in [1.807, 2.05) is 12.1 Å². The van der Waals surface area contributed by atoms with Gasteiger partial charge in [0.2, 0.25) is 11.8 Å².